The van der Waals surface area contributed by atoms with Crippen molar-refractivity contribution in [3.63, 3.8) is 0 Å². The number of nitrogens with zero attached hydrogens (tertiary/aromatic N) is 1. The van der Waals surface area contributed by atoms with Gasteiger partial charge in [0.2, 0.25) is 0 Å². The van der Waals surface area contributed by atoms with Crippen molar-refractivity contribution in [3.05, 3.63) is 17.5 Å². The third-order valence-corrected chi connectivity index (χ3v) is 3.07. The molecule has 1 saturated heterocycles. The summed E-state index contributed by atoms with van der Waals surface area (Å²) in [6, 6.07) is 0. The summed E-state index contributed by atoms with van der Waals surface area (Å²) in [5, 5.41) is 9.63. The lowest BCUT2D eigenvalue weighted by Gasteiger charge is -2.21. The van der Waals surface area contributed by atoms with Crippen LogP contribution in [-0.4, -0.2) is 28.3 Å². The van der Waals surface area contributed by atoms with Gasteiger partial charge in [-0.3, -0.25) is 9.89 Å². The van der Waals surface area contributed by atoms with Gasteiger partial charge in [0.15, 0.2) is 0 Å². The second kappa shape index (κ2) is 4.25. The zero-order valence-corrected chi connectivity index (χ0v) is 9.67. The van der Waals surface area contributed by atoms with Gasteiger partial charge < -0.3 is 10.1 Å². The van der Waals surface area contributed by atoms with Crippen LogP contribution < -0.4 is 5.32 Å². The molecule has 0 saturated carbocycles. The summed E-state index contributed by atoms with van der Waals surface area (Å²) in [5.41, 5.74) is 1.35. The number of carbonyl (C=O) groups excluding carboxylic acids is 1. The van der Waals surface area contributed by atoms with Crippen LogP contribution in [0.1, 0.15) is 31.0 Å². The summed E-state index contributed by atoms with van der Waals surface area (Å²) in [6.45, 7) is 4.95. The fourth-order valence-corrected chi connectivity index (χ4v) is 1.87. The lowest BCUT2D eigenvalue weighted by atomic mass is 10.0. The van der Waals surface area contributed by atoms with E-state index in [0.29, 0.717) is 13.2 Å². The molecule has 16 heavy (non-hydrogen) atoms. The van der Waals surface area contributed by atoms with Crippen molar-refractivity contribution in [1.82, 2.24) is 15.5 Å². The van der Waals surface area contributed by atoms with Gasteiger partial charge in [-0.1, -0.05) is 0 Å². The van der Waals surface area contributed by atoms with Crippen LogP contribution in [0, 0.1) is 6.92 Å². The van der Waals surface area contributed by atoms with E-state index < -0.39 is 5.60 Å². The van der Waals surface area contributed by atoms with Crippen molar-refractivity contribution < 1.29 is 9.53 Å². The predicted molar refractivity (Wildman–Crippen MR) is 58.8 cm³/mol. The van der Waals surface area contributed by atoms with Gasteiger partial charge in [0, 0.05) is 24.4 Å². The van der Waals surface area contributed by atoms with E-state index in [0.717, 1.165) is 24.1 Å². The predicted octanol–water partition coefficient (Wildman–Crippen LogP) is 0.903. The highest BCUT2D eigenvalue weighted by molar-refractivity contribution is 5.84. The largest absolute Gasteiger partial charge is 0.365 e. The number of aromatic amines is 1. The SMILES string of the molecule is Cc1[nH]ncc1CNC(=O)C1(C)CCCO1. The molecule has 5 nitrogen and oxygen atoms in total. The molecule has 0 aromatic carbocycles. The Labute approximate surface area is 94.6 Å². The molecule has 2 rings (SSSR count). The molecule has 1 atom stereocenters. The van der Waals surface area contributed by atoms with E-state index in [2.05, 4.69) is 15.5 Å². The number of aromatic nitrogens is 2. The zero-order valence-electron chi connectivity index (χ0n) is 9.67. The topological polar surface area (TPSA) is 67.0 Å². The number of H-pyrrole nitrogens is 1. The summed E-state index contributed by atoms with van der Waals surface area (Å²) in [6.07, 6.45) is 3.48. The van der Waals surface area contributed by atoms with Gasteiger partial charge in [0.25, 0.3) is 5.91 Å². The standard InChI is InChI=1S/C11H17N3O2/c1-8-9(7-13-14-8)6-12-10(15)11(2)4-3-5-16-11/h7H,3-6H2,1-2H3,(H,12,15)(H,13,14). The molecule has 1 aliphatic rings. The minimum Gasteiger partial charge on any atom is -0.365 e. The Morgan fingerprint density at radius 1 is 1.75 bits per heavy atom. The second-order valence-electron chi connectivity index (χ2n) is 4.39. The van der Waals surface area contributed by atoms with Crippen molar-refractivity contribution in [2.75, 3.05) is 6.61 Å². The molecule has 1 aromatic rings. The maximum atomic E-state index is 11.9. The number of carbonyl (C=O) groups is 1. The van der Waals surface area contributed by atoms with Crippen LogP contribution in [0.2, 0.25) is 0 Å². The minimum absolute atomic E-state index is 0.0365. The van der Waals surface area contributed by atoms with E-state index in [1.54, 1.807) is 6.20 Å². The van der Waals surface area contributed by atoms with Crippen LogP contribution in [0.5, 0.6) is 0 Å². The second-order valence-corrected chi connectivity index (χ2v) is 4.39. The van der Waals surface area contributed by atoms with Crippen LogP contribution in [0.4, 0.5) is 0 Å². The summed E-state index contributed by atoms with van der Waals surface area (Å²) < 4.78 is 5.47. The number of hydrogen-bond donors (Lipinski definition) is 2. The number of aryl methyl sites for hydroxylation is 1. The molecule has 1 aliphatic heterocycles. The first kappa shape index (κ1) is 11.1. The molecule has 2 heterocycles. The first-order valence-corrected chi connectivity index (χ1v) is 5.53. The van der Waals surface area contributed by atoms with Crippen LogP contribution in [0.3, 0.4) is 0 Å². The molecule has 1 fully saturated rings. The highest BCUT2D eigenvalue weighted by Gasteiger charge is 2.37. The fraction of sp³-hybridized carbons (Fsp3) is 0.636. The van der Waals surface area contributed by atoms with Crippen molar-refractivity contribution in [1.29, 1.82) is 0 Å². The maximum absolute atomic E-state index is 11.9. The van der Waals surface area contributed by atoms with Crippen molar-refractivity contribution >= 4 is 5.91 Å². The van der Waals surface area contributed by atoms with Crippen molar-refractivity contribution in [3.8, 4) is 0 Å². The zero-order chi connectivity index (χ0) is 11.6. The summed E-state index contributed by atoms with van der Waals surface area (Å²) in [4.78, 5) is 11.9. The molecular weight excluding hydrogens is 206 g/mol. The van der Waals surface area contributed by atoms with Gasteiger partial charge in [0.05, 0.1) is 6.20 Å². The number of nitrogens with one attached hydrogen (secondary N) is 2. The molecule has 0 radical (unpaired) electrons. The van der Waals surface area contributed by atoms with Crippen LogP contribution >= 0.6 is 0 Å². The van der Waals surface area contributed by atoms with Gasteiger partial charge >= 0.3 is 0 Å². The van der Waals surface area contributed by atoms with Gasteiger partial charge in [-0.2, -0.15) is 5.10 Å². The van der Waals surface area contributed by atoms with E-state index in [9.17, 15) is 4.79 Å². The van der Waals surface area contributed by atoms with Gasteiger partial charge in [0.1, 0.15) is 5.60 Å². The summed E-state index contributed by atoms with van der Waals surface area (Å²) in [5.74, 6) is -0.0365. The number of hydrogen-bond acceptors (Lipinski definition) is 3. The number of ether oxygens (including phenoxy) is 1. The molecule has 88 valence electrons. The number of amides is 1. The highest BCUT2D eigenvalue weighted by atomic mass is 16.5. The van der Waals surface area contributed by atoms with E-state index in [-0.39, 0.29) is 5.91 Å². The average molecular weight is 223 g/mol. The third-order valence-electron chi connectivity index (χ3n) is 3.07. The first-order chi connectivity index (χ1) is 7.62. The van der Waals surface area contributed by atoms with E-state index >= 15 is 0 Å². The first-order valence-electron chi connectivity index (χ1n) is 5.53. The molecule has 0 aliphatic carbocycles. The Kier molecular flexibility index (Phi) is 2.96. The van der Waals surface area contributed by atoms with E-state index in [1.807, 2.05) is 13.8 Å². The third kappa shape index (κ3) is 2.09. The summed E-state index contributed by atoms with van der Waals surface area (Å²) >= 11 is 0. The maximum Gasteiger partial charge on any atom is 0.252 e. The highest BCUT2D eigenvalue weighted by Crippen LogP contribution is 2.25. The quantitative estimate of drug-likeness (QED) is 0.800. The minimum atomic E-state index is -0.641. The molecule has 1 unspecified atom stereocenters. The molecule has 0 bridgehead atoms. The Morgan fingerprint density at radius 3 is 3.12 bits per heavy atom. The van der Waals surface area contributed by atoms with Gasteiger partial charge in [-0.05, 0) is 26.7 Å². The van der Waals surface area contributed by atoms with E-state index in [1.165, 1.54) is 0 Å². The Balaban J connectivity index is 1.91. The lowest BCUT2D eigenvalue weighted by Crippen LogP contribution is -2.43. The van der Waals surface area contributed by atoms with Crippen LogP contribution in [0.25, 0.3) is 0 Å². The summed E-state index contributed by atoms with van der Waals surface area (Å²) in [7, 11) is 0. The molecule has 2 N–H and O–H groups in total. The molecule has 1 amide bonds. The Hall–Kier alpha value is -1.36. The monoisotopic (exact) mass is 223 g/mol. The van der Waals surface area contributed by atoms with E-state index in [4.69, 9.17) is 4.74 Å². The van der Waals surface area contributed by atoms with Crippen LogP contribution in [-0.2, 0) is 16.1 Å². The normalized spacial score (nSPS) is 24.6. The lowest BCUT2D eigenvalue weighted by molar-refractivity contribution is -0.139. The Bertz CT molecular complexity index is 380. The fourth-order valence-electron chi connectivity index (χ4n) is 1.87. The van der Waals surface area contributed by atoms with Crippen molar-refractivity contribution in [2.45, 2.75) is 38.8 Å². The number of rotatable bonds is 3. The molecule has 1 aromatic heterocycles. The van der Waals surface area contributed by atoms with Crippen LogP contribution in [0.15, 0.2) is 6.20 Å². The van der Waals surface area contributed by atoms with Gasteiger partial charge in [-0.15, -0.1) is 0 Å². The average Bonchev–Trinajstić information content (AvgIpc) is 2.85. The van der Waals surface area contributed by atoms with Crippen molar-refractivity contribution in [2.24, 2.45) is 0 Å². The Morgan fingerprint density at radius 2 is 2.56 bits per heavy atom. The molecule has 5 heteroatoms. The molecule has 0 spiro atoms. The smallest absolute Gasteiger partial charge is 0.252 e. The molecular formula is C11H17N3O2. The van der Waals surface area contributed by atoms with Gasteiger partial charge in [-0.25, -0.2) is 0 Å².